The Labute approximate surface area is 128 Å². The maximum atomic E-state index is 12.5. The molecule has 2 aromatic carbocycles. The van der Waals surface area contributed by atoms with E-state index in [-0.39, 0.29) is 5.78 Å². The Morgan fingerprint density at radius 3 is 2.57 bits per heavy atom. The number of Topliss-reactive ketones (excluding diaryl/α,β-unsaturated/α-hetero) is 1. The van der Waals surface area contributed by atoms with Gasteiger partial charge < -0.3 is 4.57 Å². The highest BCUT2D eigenvalue weighted by molar-refractivity contribution is 7.98. The van der Waals surface area contributed by atoms with Gasteiger partial charge in [-0.05, 0) is 37.4 Å². The van der Waals surface area contributed by atoms with Crippen LogP contribution in [0.5, 0.6) is 0 Å². The predicted octanol–water partition coefficient (Wildman–Crippen LogP) is 3.95. The van der Waals surface area contributed by atoms with Crippen molar-refractivity contribution in [3.05, 3.63) is 59.9 Å². The van der Waals surface area contributed by atoms with Crippen molar-refractivity contribution in [1.82, 2.24) is 9.55 Å². The summed E-state index contributed by atoms with van der Waals surface area (Å²) in [6, 6.07) is 15.6. The predicted molar refractivity (Wildman–Crippen MR) is 87.0 cm³/mol. The summed E-state index contributed by atoms with van der Waals surface area (Å²) < 4.78 is 1.97. The highest BCUT2D eigenvalue weighted by Gasteiger charge is 2.12. The molecular formula is C17H16N2OS. The first-order valence-corrected chi connectivity index (χ1v) is 8.00. The molecule has 106 valence electrons. The number of rotatable bonds is 4. The fourth-order valence-corrected chi connectivity index (χ4v) is 2.82. The van der Waals surface area contributed by atoms with Crippen LogP contribution in [-0.4, -0.2) is 21.6 Å². The summed E-state index contributed by atoms with van der Waals surface area (Å²) in [5.74, 6) is 0.971. The summed E-state index contributed by atoms with van der Waals surface area (Å²) in [4.78, 5) is 18.1. The lowest BCUT2D eigenvalue weighted by atomic mass is 10.1. The first-order chi connectivity index (χ1) is 10.2. The average molecular weight is 296 g/mol. The molecule has 0 saturated heterocycles. The molecule has 0 saturated carbocycles. The molecule has 0 atom stereocenters. The monoisotopic (exact) mass is 296 g/mol. The number of nitrogens with zero attached hydrogens (tertiary/aromatic N) is 2. The molecule has 0 spiro atoms. The molecule has 0 fully saturated rings. The number of para-hydroxylation sites is 2. The van der Waals surface area contributed by atoms with Crippen LogP contribution in [0.1, 0.15) is 16.2 Å². The highest BCUT2D eigenvalue weighted by Crippen LogP contribution is 2.18. The number of aromatic nitrogens is 2. The number of benzene rings is 2. The average Bonchev–Trinajstić information content (AvgIpc) is 2.83. The number of ketones is 1. The summed E-state index contributed by atoms with van der Waals surface area (Å²) in [5.41, 5.74) is 2.68. The lowest BCUT2D eigenvalue weighted by molar-refractivity contribution is 0.0972. The van der Waals surface area contributed by atoms with Crippen LogP contribution in [-0.2, 0) is 6.54 Å². The first-order valence-electron chi connectivity index (χ1n) is 6.78. The minimum absolute atomic E-state index is 0.105. The van der Waals surface area contributed by atoms with Crippen LogP contribution in [0.4, 0.5) is 0 Å². The fourth-order valence-electron chi connectivity index (χ4n) is 2.41. The quantitative estimate of drug-likeness (QED) is 0.540. The molecule has 3 aromatic rings. The van der Waals surface area contributed by atoms with Gasteiger partial charge in [0.15, 0.2) is 5.78 Å². The topological polar surface area (TPSA) is 34.9 Å². The second-order valence-corrected chi connectivity index (χ2v) is 5.77. The van der Waals surface area contributed by atoms with Crippen molar-refractivity contribution in [2.45, 2.75) is 18.4 Å². The van der Waals surface area contributed by atoms with Crippen LogP contribution in [0.2, 0.25) is 0 Å². The van der Waals surface area contributed by atoms with Crippen molar-refractivity contribution in [3.8, 4) is 0 Å². The fraction of sp³-hybridized carbons (Fsp3) is 0.176. The SMILES string of the molecule is CSc1ccc(C(=O)Cn2c(C)nc3ccccc32)cc1. The van der Waals surface area contributed by atoms with Crippen LogP contribution in [0.15, 0.2) is 53.4 Å². The van der Waals surface area contributed by atoms with Gasteiger partial charge in [-0.15, -0.1) is 11.8 Å². The maximum Gasteiger partial charge on any atom is 0.182 e. The van der Waals surface area contributed by atoms with Gasteiger partial charge in [0.1, 0.15) is 5.82 Å². The summed E-state index contributed by atoms with van der Waals surface area (Å²) in [5, 5.41) is 0. The Morgan fingerprint density at radius 2 is 1.86 bits per heavy atom. The summed E-state index contributed by atoms with van der Waals surface area (Å²) in [6.07, 6.45) is 2.03. The van der Waals surface area contributed by atoms with Crippen molar-refractivity contribution in [2.75, 3.05) is 6.26 Å². The van der Waals surface area contributed by atoms with E-state index in [4.69, 9.17) is 0 Å². The molecule has 0 N–H and O–H groups in total. The van der Waals surface area contributed by atoms with Gasteiger partial charge in [-0.2, -0.15) is 0 Å². The van der Waals surface area contributed by atoms with Crippen molar-refractivity contribution in [3.63, 3.8) is 0 Å². The number of imidazole rings is 1. The molecule has 0 aliphatic heterocycles. The van der Waals surface area contributed by atoms with E-state index in [9.17, 15) is 4.79 Å². The van der Waals surface area contributed by atoms with E-state index in [0.717, 1.165) is 27.3 Å². The zero-order valence-corrected chi connectivity index (χ0v) is 12.9. The van der Waals surface area contributed by atoms with Gasteiger partial charge in [0, 0.05) is 10.5 Å². The van der Waals surface area contributed by atoms with E-state index in [2.05, 4.69) is 4.98 Å². The minimum Gasteiger partial charge on any atom is -0.320 e. The molecule has 1 heterocycles. The number of hydrogen-bond acceptors (Lipinski definition) is 3. The lowest BCUT2D eigenvalue weighted by Crippen LogP contribution is -2.11. The zero-order valence-electron chi connectivity index (χ0n) is 12.0. The Kier molecular flexibility index (Phi) is 3.80. The molecular weight excluding hydrogens is 280 g/mol. The normalized spacial score (nSPS) is 11.0. The maximum absolute atomic E-state index is 12.5. The van der Waals surface area contributed by atoms with Gasteiger partial charge in [0.25, 0.3) is 0 Å². The number of carbonyl (C=O) groups excluding carboxylic acids is 1. The molecule has 3 rings (SSSR count). The third kappa shape index (κ3) is 2.72. The number of aryl methyl sites for hydroxylation is 1. The molecule has 4 heteroatoms. The van der Waals surface area contributed by atoms with Gasteiger partial charge in [-0.1, -0.05) is 24.3 Å². The van der Waals surface area contributed by atoms with Crippen molar-refractivity contribution >= 4 is 28.6 Å². The number of fused-ring (bicyclic) bond motifs is 1. The second kappa shape index (κ2) is 5.74. The summed E-state index contributed by atoms with van der Waals surface area (Å²) in [6.45, 7) is 2.26. The van der Waals surface area contributed by atoms with Gasteiger partial charge in [0.2, 0.25) is 0 Å². The van der Waals surface area contributed by atoms with Gasteiger partial charge in [0.05, 0.1) is 17.6 Å². The molecule has 0 bridgehead atoms. The van der Waals surface area contributed by atoms with Crippen LogP contribution in [0.3, 0.4) is 0 Å². The number of thioether (sulfide) groups is 1. The molecule has 3 nitrogen and oxygen atoms in total. The van der Waals surface area contributed by atoms with E-state index in [0.29, 0.717) is 6.54 Å². The van der Waals surface area contributed by atoms with Gasteiger partial charge in [-0.3, -0.25) is 4.79 Å². The van der Waals surface area contributed by atoms with Crippen LogP contribution < -0.4 is 0 Å². The lowest BCUT2D eigenvalue weighted by Gasteiger charge is -2.07. The zero-order chi connectivity index (χ0) is 14.8. The number of hydrogen-bond donors (Lipinski definition) is 0. The summed E-state index contributed by atoms with van der Waals surface area (Å²) >= 11 is 1.67. The van der Waals surface area contributed by atoms with Crippen LogP contribution in [0.25, 0.3) is 11.0 Å². The van der Waals surface area contributed by atoms with E-state index in [1.807, 2.05) is 66.3 Å². The largest absolute Gasteiger partial charge is 0.320 e. The summed E-state index contributed by atoms with van der Waals surface area (Å²) in [7, 11) is 0. The minimum atomic E-state index is 0.105. The molecule has 1 aromatic heterocycles. The Bertz CT molecular complexity index is 790. The highest BCUT2D eigenvalue weighted by atomic mass is 32.2. The Morgan fingerprint density at radius 1 is 1.14 bits per heavy atom. The van der Waals surface area contributed by atoms with E-state index >= 15 is 0 Å². The number of carbonyl (C=O) groups is 1. The Hall–Kier alpha value is -2.07. The second-order valence-electron chi connectivity index (χ2n) is 4.89. The van der Waals surface area contributed by atoms with Crippen molar-refractivity contribution < 1.29 is 4.79 Å². The molecule has 21 heavy (non-hydrogen) atoms. The standard InChI is InChI=1S/C17H16N2OS/c1-12-18-15-5-3-4-6-16(15)19(12)11-17(20)13-7-9-14(21-2)10-8-13/h3-10H,11H2,1-2H3. The van der Waals surface area contributed by atoms with Gasteiger partial charge in [-0.25, -0.2) is 4.98 Å². The molecule has 0 aliphatic carbocycles. The molecule has 0 aliphatic rings. The van der Waals surface area contributed by atoms with Crippen molar-refractivity contribution in [1.29, 1.82) is 0 Å². The van der Waals surface area contributed by atoms with E-state index in [1.165, 1.54) is 0 Å². The van der Waals surface area contributed by atoms with E-state index < -0.39 is 0 Å². The first kappa shape index (κ1) is 13.9. The van der Waals surface area contributed by atoms with Gasteiger partial charge >= 0.3 is 0 Å². The van der Waals surface area contributed by atoms with Crippen LogP contribution in [0, 0.1) is 6.92 Å². The van der Waals surface area contributed by atoms with Crippen molar-refractivity contribution in [2.24, 2.45) is 0 Å². The van der Waals surface area contributed by atoms with E-state index in [1.54, 1.807) is 11.8 Å². The molecule has 0 amide bonds. The Balaban J connectivity index is 1.90. The molecule has 0 unspecified atom stereocenters. The third-order valence-corrected chi connectivity index (χ3v) is 4.30. The van der Waals surface area contributed by atoms with Crippen LogP contribution >= 0.6 is 11.8 Å². The smallest absolute Gasteiger partial charge is 0.182 e. The third-order valence-electron chi connectivity index (χ3n) is 3.56. The molecule has 0 radical (unpaired) electrons.